The molecule has 0 saturated heterocycles. The Bertz CT molecular complexity index is 387. The zero-order valence-corrected chi connectivity index (χ0v) is 12.2. The van der Waals surface area contributed by atoms with E-state index < -0.39 is 0 Å². The molecule has 4 nitrogen and oxygen atoms in total. The second-order valence-electron chi connectivity index (χ2n) is 4.34. The summed E-state index contributed by atoms with van der Waals surface area (Å²) in [6.45, 7) is 8.91. The van der Waals surface area contributed by atoms with E-state index in [0.717, 1.165) is 23.6 Å². The van der Waals surface area contributed by atoms with Gasteiger partial charge in [-0.2, -0.15) is 0 Å². The van der Waals surface area contributed by atoms with Crippen LogP contribution < -0.4 is 9.47 Å². The highest BCUT2D eigenvalue weighted by Gasteiger charge is 2.02. The van der Waals surface area contributed by atoms with Gasteiger partial charge in [0.2, 0.25) is 0 Å². The molecule has 0 saturated carbocycles. The second kappa shape index (κ2) is 8.40. The van der Waals surface area contributed by atoms with E-state index in [1.54, 1.807) is 0 Å². The van der Waals surface area contributed by atoms with Gasteiger partial charge in [-0.25, -0.2) is 0 Å². The Hall–Kier alpha value is -1.71. The predicted octanol–water partition coefficient (Wildman–Crippen LogP) is 3.66. The molecule has 0 aromatic heterocycles. The summed E-state index contributed by atoms with van der Waals surface area (Å²) >= 11 is 0. The maximum absolute atomic E-state index is 5.70. The minimum absolute atomic E-state index is 0.229. The van der Waals surface area contributed by atoms with Crippen molar-refractivity contribution in [3.63, 3.8) is 0 Å². The van der Waals surface area contributed by atoms with Crippen molar-refractivity contribution in [3.05, 3.63) is 24.3 Å². The number of hydrogen-bond donors (Lipinski definition) is 0. The molecule has 1 unspecified atom stereocenters. The van der Waals surface area contributed by atoms with Crippen LogP contribution in [0.2, 0.25) is 0 Å². The lowest BCUT2D eigenvalue weighted by atomic mass is 10.3. The molecule has 0 amide bonds. The SMILES string of the molecule is CCON=C(C)COc1ccc(OC(C)CC)cc1. The largest absolute Gasteiger partial charge is 0.491 e. The smallest absolute Gasteiger partial charge is 0.129 e. The molecular formula is C15H23NO3. The fourth-order valence-corrected chi connectivity index (χ4v) is 1.32. The van der Waals surface area contributed by atoms with Crippen LogP contribution in [0.1, 0.15) is 34.1 Å². The summed E-state index contributed by atoms with van der Waals surface area (Å²) in [6, 6.07) is 7.62. The van der Waals surface area contributed by atoms with Gasteiger partial charge in [0.15, 0.2) is 0 Å². The van der Waals surface area contributed by atoms with Crippen LogP contribution in [0.3, 0.4) is 0 Å². The zero-order valence-electron chi connectivity index (χ0n) is 12.2. The van der Waals surface area contributed by atoms with Crippen molar-refractivity contribution in [2.45, 2.75) is 40.2 Å². The van der Waals surface area contributed by atoms with Gasteiger partial charge < -0.3 is 14.3 Å². The molecular weight excluding hydrogens is 242 g/mol. The number of nitrogens with zero attached hydrogens (tertiary/aromatic N) is 1. The van der Waals surface area contributed by atoms with Crippen molar-refractivity contribution in [1.82, 2.24) is 0 Å². The second-order valence-corrected chi connectivity index (χ2v) is 4.34. The summed E-state index contributed by atoms with van der Waals surface area (Å²) in [5.74, 6) is 1.66. The Morgan fingerprint density at radius 3 is 2.37 bits per heavy atom. The summed E-state index contributed by atoms with van der Waals surface area (Å²) in [7, 11) is 0. The first kappa shape index (κ1) is 15.3. The van der Waals surface area contributed by atoms with E-state index in [1.807, 2.05) is 38.1 Å². The number of rotatable bonds is 8. The van der Waals surface area contributed by atoms with Crippen molar-refractivity contribution >= 4 is 5.71 Å². The molecule has 0 aliphatic rings. The first-order chi connectivity index (χ1) is 9.15. The van der Waals surface area contributed by atoms with Crippen molar-refractivity contribution in [2.24, 2.45) is 5.16 Å². The van der Waals surface area contributed by atoms with Gasteiger partial charge in [0.25, 0.3) is 0 Å². The summed E-state index contributed by atoms with van der Waals surface area (Å²) < 4.78 is 11.3. The highest BCUT2D eigenvalue weighted by molar-refractivity contribution is 5.82. The average Bonchev–Trinajstić information content (AvgIpc) is 2.44. The van der Waals surface area contributed by atoms with Gasteiger partial charge >= 0.3 is 0 Å². The molecule has 1 aromatic rings. The van der Waals surface area contributed by atoms with E-state index in [9.17, 15) is 0 Å². The van der Waals surface area contributed by atoms with Gasteiger partial charge in [-0.3, -0.25) is 0 Å². The van der Waals surface area contributed by atoms with Gasteiger partial charge in [-0.1, -0.05) is 12.1 Å². The summed E-state index contributed by atoms with van der Waals surface area (Å²) in [4.78, 5) is 4.95. The molecule has 19 heavy (non-hydrogen) atoms. The lowest BCUT2D eigenvalue weighted by Crippen LogP contribution is -2.10. The third-order valence-corrected chi connectivity index (χ3v) is 2.53. The highest BCUT2D eigenvalue weighted by Crippen LogP contribution is 2.19. The quantitative estimate of drug-likeness (QED) is 0.532. The number of benzene rings is 1. The average molecular weight is 265 g/mol. The molecule has 0 heterocycles. The van der Waals surface area contributed by atoms with E-state index in [-0.39, 0.29) is 6.10 Å². The normalized spacial score (nSPS) is 12.9. The molecule has 4 heteroatoms. The van der Waals surface area contributed by atoms with Gasteiger partial charge in [-0.15, -0.1) is 0 Å². The first-order valence-electron chi connectivity index (χ1n) is 6.70. The Morgan fingerprint density at radius 1 is 1.16 bits per heavy atom. The molecule has 0 bridgehead atoms. The molecule has 0 spiro atoms. The molecule has 1 atom stereocenters. The Kier molecular flexibility index (Phi) is 6.79. The van der Waals surface area contributed by atoms with Gasteiger partial charge in [0.05, 0.1) is 11.8 Å². The summed E-state index contributed by atoms with van der Waals surface area (Å²) in [5, 5.41) is 3.89. The highest BCUT2D eigenvalue weighted by atomic mass is 16.6. The molecule has 0 fully saturated rings. The van der Waals surface area contributed by atoms with Crippen molar-refractivity contribution < 1.29 is 14.3 Å². The molecule has 0 aliphatic carbocycles. The van der Waals surface area contributed by atoms with Crippen LogP contribution in [0, 0.1) is 0 Å². The first-order valence-corrected chi connectivity index (χ1v) is 6.70. The van der Waals surface area contributed by atoms with Crippen molar-refractivity contribution in [1.29, 1.82) is 0 Å². The van der Waals surface area contributed by atoms with E-state index >= 15 is 0 Å². The van der Waals surface area contributed by atoms with E-state index in [0.29, 0.717) is 13.2 Å². The van der Waals surface area contributed by atoms with Crippen LogP contribution in [0.5, 0.6) is 11.5 Å². The molecule has 1 rings (SSSR count). The van der Waals surface area contributed by atoms with Crippen molar-refractivity contribution in [2.75, 3.05) is 13.2 Å². The van der Waals surface area contributed by atoms with Gasteiger partial charge in [0, 0.05) is 0 Å². The molecule has 0 N–H and O–H groups in total. The van der Waals surface area contributed by atoms with Crippen LogP contribution in [-0.2, 0) is 4.84 Å². The Morgan fingerprint density at radius 2 is 1.79 bits per heavy atom. The molecule has 106 valence electrons. The van der Waals surface area contributed by atoms with Crippen LogP contribution in [0.4, 0.5) is 0 Å². The lowest BCUT2D eigenvalue weighted by molar-refractivity contribution is 0.156. The monoisotopic (exact) mass is 265 g/mol. The van der Waals surface area contributed by atoms with Gasteiger partial charge in [-0.05, 0) is 51.5 Å². The molecule has 1 aromatic carbocycles. The van der Waals surface area contributed by atoms with E-state index in [2.05, 4.69) is 19.0 Å². The summed E-state index contributed by atoms with van der Waals surface area (Å²) in [5.41, 5.74) is 0.807. The minimum Gasteiger partial charge on any atom is -0.491 e. The standard InChI is InChI=1S/C15H23NO3/c1-5-13(4)19-15-9-7-14(8-10-15)17-11-12(3)16-18-6-2/h7-10,13H,5-6,11H2,1-4H3. The predicted molar refractivity (Wildman–Crippen MR) is 77.1 cm³/mol. The van der Waals surface area contributed by atoms with E-state index in [1.165, 1.54) is 0 Å². The van der Waals surface area contributed by atoms with E-state index in [4.69, 9.17) is 14.3 Å². The number of oxime groups is 1. The zero-order chi connectivity index (χ0) is 14.1. The minimum atomic E-state index is 0.229. The number of ether oxygens (including phenoxy) is 2. The topological polar surface area (TPSA) is 40.0 Å². The fraction of sp³-hybridized carbons (Fsp3) is 0.533. The number of hydrogen-bond acceptors (Lipinski definition) is 4. The maximum atomic E-state index is 5.70. The third-order valence-electron chi connectivity index (χ3n) is 2.53. The maximum Gasteiger partial charge on any atom is 0.129 e. The van der Waals surface area contributed by atoms with Crippen LogP contribution in [-0.4, -0.2) is 25.0 Å². The van der Waals surface area contributed by atoms with Crippen LogP contribution in [0.25, 0.3) is 0 Å². The van der Waals surface area contributed by atoms with Crippen LogP contribution >= 0.6 is 0 Å². The Labute approximate surface area is 115 Å². The fourth-order valence-electron chi connectivity index (χ4n) is 1.32. The molecule has 0 aliphatic heterocycles. The third kappa shape index (κ3) is 6.13. The van der Waals surface area contributed by atoms with Gasteiger partial charge in [0.1, 0.15) is 24.7 Å². The summed E-state index contributed by atoms with van der Waals surface area (Å²) in [6.07, 6.45) is 1.22. The van der Waals surface area contributed by atoms with Crippen molar-refractivity contribution in [3.8, 4) is 11.5 Å². The lowest BCUT2D eigenvalue weighted by Gasteiger charge is -2.13. The molecule has 0 radical (unpaired) electrons. The van der Waals surface area contributed by atoms with Crippen LogP contribution in [0.15, 0.2) is 29.4 Å². The Balaban J connectivity index is 2.44.